The Hall–Kier alpha value is -1.16. The van der Waals surface area contributed by atoms with Gasteiger partial charge in [-0.1, -0.05) is 19.1 Å². The molecular weight excluding hydrogens is 232 g/mol. The molecule has 0 bridgehead atoms. The Morgan fingerprint density at radius 1 is 1.35 bits per heavy atom. The van der Waals surface area contributed by atoms with Gasteiger partial charge < -0.3 is 10.6 Å². The van der Waals surface area contributed by atoms with Crippen LogP contribution in [0.25, 0.3) is 0 Å². The van der Waals surface area contributed by atoms with E-state index >= 15 is 0 Å². The van der Waals surface area contributed by atoms with Gasteiger partial charge in [0.05, 0.1) is 5.56 Å². The summed E-state index contributed by atoms with van der Waals surface area (Å²) in [6.45, 7) is 2.89. The number of benzene rings is 1. The van der Waals surface area contributed by atoms with Gasteiger partial charge in [-0.2, -0.15) is 11.8 Å². The molecule has 0 radical (unpaired) electrons. The van der Waals surface area contributed by atoms with Gasteiger partial charge in [0.2, 0.25) is 0 Å². The number of hydrogen-bond acceptors (Lipinski definition) is 3. The van der Waals surface area contributed by atoms with Crippen molar-refractivity contribution in [1.29, 1.82) is 0 Å². The molecule has 0 atom stereocenters. The van der Waals surface area contributed by atoms with Crippen molar-refractivity contribution >= 4 is 23.4 Å². The minimum Gasteiger partial charge on any atom is -0.387 e. The maximum Gasteiger partial charge on any atom is 0.253 e. The van der Waals surface area contributed by atoms with Gasteiger partial charge >= 0.3 is 0 Å². The molecule has 17 heavy (non-hydrogen) atoms. The molecule has 0 saturated carbocycles. The Balaban J connectivity index is 2.41. The van der Waals surface area contributed by atoms with E-state index in [9.17, 15) is 4.79 Å². The van der Waals surface area contributed by atoms with Crippen molar-refractivity contribution in [1.82, 2.24) is 5.32 Å². The summed E-state index contributed by atoms with van der Waals surface area (Å²) in [5, 5.41) is 5.96. The first-order valence-electron chi connectivity index (χ1n) is 5.92. The van der Waals surface area contributed by atoms with Crippen molar-refractivity contribution in [2.45, 2.75) is 13.3 Å². The quantitative estimate of drug-likeness (QED) is 0.733. The number of para-hydroxylation sites is 1. The summed E-state index contributed by atoms with van der Waals surface area (Å²) >= 11 is 1.90. The summed E-state index contributed by atoms with van der Waals surface area (Å²) in [6.07, 6.45) is 1.02. The first kappa shape index (κ1) is 13.9. The van der Waals surface area contributed by atoms with Crippen molar-refractivity contribution in [3.8, 4) is 0 Å². The normalized spacial score (nSPS) is 10.0. The molecule has 0 aliphatic carbocycles. The number of anilines is 1. The van der Waals surface area contributed by atoms with E-state index < -0.39 is 0 Å². The van der Waals surface area contributed by atoms with Crippen molar-refractivity contribution in [2.75, 3.05) is 30.4 Å². The van der Waals surface area contributed by atoms with Crippen LogP contribution in [-0.4, -0.2) is 31.0 Å². The molecule has 3 nitrogen and oxygen atoms in total. The molecule has 0 heterocycles. The topological polar surface area (TPSA) is 41.1 Å². The van der Waals surface area contributed by atoms with E-state index in [4.69, 9.17) is 0 Å². The van der Waals surface area contributed by atoms with E-state index in [1.165, 1.54) is 0 Å². The summed E-state index contributed by atoms with van der Waals surface area (Å²) in [7, 11) is 1.82. The fourth-order valence-corrected chi connectivity index (χ4v) is 2.15. The van der Waals surface area contributed by atoms with E-state index in [0.717, 1.165) is 30.2 Å². The molecule has 1 aromatic carbocycles. The zero-order chi connectivity index (χ0) is 12.5. The van der Waals surface area contributed by atoms with Gasteiger partial charge in [0, 0.05) is 19.3 Å². The lowest BCUT2D eigenvalue weighted by Gasteiger charge is -2.09. The highest BCUT2D eigenvalue weighted by molar-refractivity contribution is 7.99. The Kier molecular flexibility index (Phi) is 6.55. The Labute approximate surface area is 107 Å². The lowest BCUT2D eigenvalue weighted by Crippen LogP contribution is -2.25. The fourth-order valence-electron chi connectivity index (χ4n) is 1.51. The van der Waals surface area contributed by atoms with Crippen molar-refractivity contribution < 1.29 is 4.79 Å². The fraction of sp³-hybridized carbons (Fsp3) is 0.462. The van der Waals surface area contributed by atoms with Gasteiger partial charge in [-0.05, 0) is 30.1 Å². The van der Waals surface area contributed by atoms with Crippen LogP contribution >= 0.6 is 11.8 Å². The molecule has 0 spiro atoms. The molecule has 0 fully saturated rings. The van der Waals surface area contributed by atoms with Crippen LogP contribution in [0.2, 0.25) is 0 Å². The van der Waals surface area contributed by atoms with Crippen LogP contribution in [0, 0.1) is 0 Å². The molecule has 0 unspecified atom stereocenters. The third kappa shape index (κ3) is 4.69. The number of rotatable bonds is 7. The predicted octanol–water partition coefficient (Wildman–Crippen LogP) is 2.60. The standard InChI is InChI=1S/C13H20N2OS/c1-3-17-10-6-9-15-13(16)11-7-4-5-8-12(11)14-2/h4-5,7-8,14H,3,6,9-10H2,1-2H3,(H,15,16). The average molecular weight is 252 g/mol. The van der Waals surface area contributed by atoms with E-state index in [-0.39, 0.29) is 5.91 Å². The molecule has 4 heteroatoms. The predicted molar refractivity (Wildman–Crippen MR) is 75.9 cm³/mol. The van der Waals surface area contributed by atoms with Gasteiger partial charge in [0.1, 0.15) is 0 Å². The van der Waals surface area contributed by atoms with Crippen molar-refractivity contribution in [2.24, 2.45) is 0 Å². The number of amides is 1. The molecule has 94 valence electrons. The van der Waals surface area contributed by atoms with Crippen LogP contribution in [0.4, 0.5) is 5.69 Å². The summed E-state index contributed by atoms with van der Waals surface area (Å²) in [5.41, 5.74) is 1.58. The Bertz CT molecular complexity index is 355. The van der Waals surface area contributed by atoms with Gasteiger partial charge in [0.25, 0.3) is 5.91 Å². The zero-order valence-corrected chi connectivity index (χ0v) is 11.3. The van der Waals surface area contributed by atoms with Crippen LogP contribution in [0.1, 0.15) is 23.7 Å². The summed E-state index contributed by atoms with van der Waals surface area (Å²) in [4.78, 5) is 11.9. The first-order chi connectivity index (χ1) is 8.29. The maximum atomic E-state index is 11.9. The van der Waals surface area contributed by atoms with Gasteiger partial charge in [-0.3, -0.25) is 4.79 Å². The molecule has 1 amide bonds. The molecule has 1 rings (SSSR count). The summed E-state index contributed by atoms with van der Waals surface area (Å²) in [5.74, 6) is 2.23. The van der Waals surface area contributed by atoms with Crippen LogP contribution < -0.4 is 10.6 Å². The highest BCUT2D eigenvalue weighted by Crippen LogP contribution is 2.13. The second-order valence-electron chi connectivity index (χ2n) is 3.60. The van der Waals surface area contributed by atoms with Gasteiger partial charge in [-0.25, -0.2) is 0 Å². The van der Waals surface area contributed by atoms with Crippen LogP contribution in [-0.2, 0) is 0 Å². The molecule has 0 aliphatic rings. The number of hydrogen-bond donors (Lipinski definition) is 2. The maximum absolute atomic E-state index is 11.9. The minimum absolute atomic E-state index is 0.00329. The second kappa shape index (κ2) is 8.01. The number of thioether (sulfide) groups is 1. The monoisotopic (exact) mass is 252 g/mol. The van der Waals surface area contributed by atoms with Crippen LogP contribution in [0.3, 0.4) is 0 Å². The molecule has 0 saturated heterocycles. The average Bonchev–Trinajstić information content (AvgIpc) is 2.38. The number of carbonyl (C=O) groups excluding carboxylic acids is 1. The highest BCUT2D eigenvalue weighted by atomic mass is 32.2. The van der Waals surface area contributed by atoms with Crippen LogP contribution in [0.15, 0.2) is 24.3 Å². The van der Waals surface area contributed by atoms with E-state index in [0.29, 0.717) is 5.56 Å². The second-order valence-corrected chi connectivity index (χ2v) is 5.00. The zero-order valence-electron chi connectivity index (χ0n) is 10.5. The van der Waals surface area contributed by atoms with Gasteiger partial charge in [0.15, 0.2) is 0 Å². The Morgan fingerprint density at radius 3 is 2.82 bits per heavy atom. The minimum atomic E-state index is -0.00329. The molecule has 0 aromatic heterocycles. The summed E-state index contributed by atoms with van der Waals surface area (Å²) < 4.78 is 0. The van der Waals surface area contributed by atoms with E-state index in [1.807, 2.05) is 43.1 Å². The van der Waals surface area contributed by atoms with Crippen molar-refractivity contribution in [3.05, 3.63) is 29.8 Å². The van der Waals surface area contributed by atoms with Crippen LogP contribution in [0.5, 0.6) is 0 Å². The van der Waals surface area contributed by atoms with Gasteiger partial charge in [-0.15, -0.1) is 0 Å². The lowest BCUT2D eigenvalue weighted by molar-refractivity contribution is 0.0954. The number of carbonyl (C=O) groups is 1. The lowest BCUT2D eigenvalue weighted by atomic mass is 10.1. The SMILES string of the molecule is CCSCCCNC(=O)c1ccccc1NC. The first-order valence-corrected chi connectivity index (χ1v) is 7.07. The molecule has 0 aliphatic heterocycles. The summed E-state index contributed by atoms with van der Waals surface area (Å²) in [6, 6.07) is 7.53. The molecule has 1 aromatic rings. The highest BCUT2D eigenvalue weighted by Gasteiger charge is 2.08. The third-order valence-corrected chi connectivity index (χ3v) is 3.38. The largest absolute Gasteiger partial charge is 0.387 e. The molecular formula is C13H20N2OS. The van der Waals surface area contributed by atoms with E-state index in [2.05, 4.69) is 17.6 Å². The number of nitrogens with one attached hydrogen (secondary N) is 2. The third-order valence-electron chi connectivity index (χ3n) is 2.40. The smallest absolute Gasteiger partial charge is 0.253 e. The molecule has 2 N–H and O–H groups in total. The van der Waals surface area contributed by atoms with E-state index in [1.54, 1.807) is 0 Å². The Morgan fingerprint density at radius 2 is 2.12 bits per heavy atom. The van der Waals surface area contributed by atoms with Crippen molar-refractivity contribution in [3.63, 3.8) is 0 Å².